The second-order valence-electron chi connectivity index (χ2n) is 20.3. The fourth-order valence-electron chi connectivity index (χ4n) is 10.7. The topological polar surface area (TPSA) is 235 Å². The molecule has 4 aromatic carbocycles. The predicted molar refractivity (Wildman–Crippen MR) is 280 cm³/mol. The van der Waals surface area contributed by atoms with Gasteiger partial charge in [-0.3, -0.25) is 0 Å². The van der Waals surface area contributed by atoms with Crippen LogP contribution in [0.15, 0.2) is 158 Å². The molecule has 0 saturated carbocycles. The molecule has 0 radical (unpaired) electrons. The number of benzene rings is 4. The number of aliphatic carboxylic acids is 2. The van der Waals surface area contributed by atoms with Gasteiger partial charge in [-0.05, 0) is 59.7 Å². The molecule has 4 bridgehead atoms. The van der Waals surface area contributed by atoms with Crippen molar-refractivity contribution >= 4 is 46.9 Å². The van der Waals surface area contributed by atoms with E-state index >= 15 is 0 Å². The third-order valence-electron chi connectivity index (χ3n) is 14.6. The number of hydrogen-bond donors (Lipinski definition) is 4. The summed E-state index contributed by atoms with van der Waals surface area (Å²) >= 11 is 0. The van der Waals surface area contributed by atoms with Crippen molar-refractivity contribution in [3.63, 3.8) is 0 Å². The summed E-state index contributed by atoms with van der Waals surface area (Å²) in [6.45, 7) is 7.71. The fraction of sp³-hybridized carbons (Fsp3) is 0.345. The van der Waals surface area contributed by atoms with Crippen molar-refractivity contribution in [2.75, 3.05) is 61.4 Å². The normalized spacial score (nSPS) is 22.4. The molecule has 12 rings (SSSR count). The number of hydrogen-bond acceptors (Lipinski definition) is 14. The van der Waals surface area contributed by atoms with Crippen LogP contribution in [0.1, 0.15) is 60.3 Å². The number of pyridine rings is 2. The van der Waals surface area contributed by atoms with Crippen LogP contribution in [0.4, 0.5) is 49.4 Å². The van der Waals surface area contributed by atoms with Crippen LogP contribution < -0.4 is 32.3 Å². The summed E-state index contributed by atoms with van der Waals surface area (Å²) in [6.07, 6.45) is -6.26. The third kappa shape index (κ3) is 16.9. The highest BCUT2D eigenvalue weighted by molar-refractivity contribution is 5.82. The average molecular weight is 1110 g/mol. The number of carboxylic acids is 2. The Morgan fingerprint density at radius 1 is 0.500 bits per heavy atom. The first kappa shape index (κ1) is 59.4. The first-order valence-electron chi connectivity index (χ1n) is 25.9. The maximum atomic E-state index is 13.5. The summed E-state index contributed by atoms with van der Waals surface area (Å²) in [5, 5.41) is 24.3. The number of carbonyl (C=O) groups is 4. The molecule has 6 aliphatic heterocycles. The maximum absolute atomic E-state index is 13.5. The Morgan fingerprint density at radius 3 is 1.09 bits per heavy atom. The Bertz CT molecular complexity index is 2770. The van der Waals surface area contributed by atoms with Crippen LogP contribution in [0.5, 0.6) is 0 Å². The van der Waals surface area contributed by atoms with Crippen LogP contribution in [0.3, 0.4) is 0 Å². The molecule has 2 aromatic heterocycles. The minimum atomic E-state index is -5.19. The molecule has 0 amide bonds. The van der Waals surface area contributed by atoms with E-state index < -0.39 is 36.4 Å². The molecule has 6 aliphatic rings. The number of para-hydroxylation sites is 2. The summed E-state index contributed by atoms with van der Waals surface area (Å²) in [4.78, 5) is 53.6. The number of carboxylic acid groups (broad SMARTS) is 2. The van der Waals surface area contributed by atoms with Crippen molar-refractivity contribution < 1.29 is 74.2 Å². The number of aromatic nitrogens is 2. The second kappa shape index (κ2) is 26.6. The molecule has 0 aliphatic carbocycles. The summed E-state index contributed by atoms with van der Waals surface area (Å²) < 4.78 is 77.4. The highest BCUT2D eigenvalue weighted by Gasteiger charge is 2.50. The molecule has 80 heavy (non-hydrogen) atoms. The second-order valence-corrected chi connectivity index (χ2v) is 20.3. The van der Waals surface area contributed by atoms with Crippen molar-refractivity contribution in [2.24, 2.45) is 11.8 Å². The van der Waals surface area contributed by atoms with Gasteiger partial charge < -0.3 is 60.3 Å². The van der Waals surface area contributed by atoms with E-state index in [-0.39, 0.29) is 24.1 Å². The lowest BCUT2D eigenvalue weighted by atomic mass is 9.83. The van der Waals surface area contributed by atoms with Gasteiger partial charge in [-0.25, -0.2) is 19.6 Å². The molecule has 22 heteroatoms. The predicted octanol–water partition coefficient (Wildman–Crippen LogP) is 6.94. The molecule has 0 spiro atoms. The van der Waals surface area contributed by atoms with Gasteiger partial charge in [-0.1, -0.05) is 109 Å². The molecule has 0 unspecified atom stereocenters. The first-order chi connectivity index (χ1) is 38.1. The van der Waals surface area contributed by atoms with Gasteiger partial charge in [0.2, 0.25) is 0 Å². The Morgan fingerprint density at radius 2 is 0.800 bits per heavy atom. The molecular formula is C58H62F6N8O8. The van der Waals surface area contributed by atoms with E-state index in [1.165, 1.54) is 0 Å². The lowest BCUT2D eigenvalue weighted by Crippen LogP contribution is -2.64. The zero-order chi connectivity index (χ0) is 57.5. The number of quaternary nitrogens is 2. The van der Waals surface area contributed by atoms with E-state index in [0.29, 0.717) is 23.5 Å². The highest BCUT2D eigenvalue weighted by atomic mass is 19.4. The molecule has 6 fully saturated rings. The van der Waals surface area contributed by atoms with Gasteiger partial charge in [0.15, 0.2) is 24.3 Å². The van der Waals surface area contributed by atoms with E-state index in [2.05, 4.69) is 20.6 Å². The van der Waals surface area contributed by atoms with E-state index in [4.69, 9.17) is 40.7 Å². The lowest BCUT2D eigenvalue weighted by molar-refractivity contribution is -0.958. The van der Waals surface area contributed by atoms with Crippen LogP contribution in [0, 0.1) is 11.8 Å². The number of nitrogens with zero attached hydrogens (tertiary/aromatic N) is 4. The number of nitrogen functional groups attached to an aromatic ring is 2. The number of ether oxygens (including phenoxy) is 2. The summed E-state index contributed by atoms with van der Waals surface area (Å²) in [5.74, 6) is -4.49. The average Bonchev–Trinajstić information content (AvgIpc) is 3.55. The minimum Gasteiger partial charge on any atom is -0.542 e. The lowest BCUT2D eigenvalue weighted by Gasteiger charge is -2.52. The van der Waals surface area contributed by atoms with Gasteiger partial charge in [0.1, 0.15) is 49.8 Å². The van der Waals surface area contributed by atoms with Crippen LogP contribution in [-0.2, 0) is 41.7 Å². The van der Waals surface area contributed by atoms with Crippen molar-refractivity contribution in [2.45, 2.75) is 75.4 Å². The fourth-order valence-corrected chi connectivity index (χ4v) is 10.7. The molecular weight excluding hydrogens is 1050 g/mol. The van der Waals surface area contributed by atoms with Crippen LogP contribution >= 0.6 is 0 Å². The monoisotopic (exact) mass is 1110 g/mol. The number of fused-ring (bicyclic) bond motifs is 6. The number of nitrogens with one attached hydrogen (secondary N) is 2. The van der Waals surface area contributed by atoms with Crippen molar-refractivity contribution in [3.05, 3.63) is 180 Å². The van der Waals surface area contributed by atoms with E-state index in [1.54, 1.807) is 0 Å². The quantitative estimate of drug-likeness (QED) is 0.0492. The molecule has 424 valence electrons. The van der Waals surface area contributed by atoms with Crippen molar-refractivity contribution in [1.29, 1.82) is 0 Å². The third-order valence-corrected chi connectivity index (χ3v) is 14.6. The van der Waals surface area contributed by atoms with Gasteiger partial charge in [-0.15, -0.1) is 0 Å². The van der Waals surface area contributed by atoms with E-state index in [0.717, 1.165) is 121 Å². The highest BCUT2D eigenvalue weighted by Crippen LogP contribution is 2.39. The Balaban J connectivity index is 0.000000187. The summed E-state index contributed by atoms with van der Waals surface area (Å²) in [7, 11) is 0. The summed E-state index contributed by atoms with van der Waals surface area (Å²) in [6, 6.07) is 49.8. The number of halogens is 6. The number of nitrogens with two attached hydrogens (primary N) is 2. The molecule has 16 nitrogen and oxygen atoms in total. The number of anilines is 4. The molecule has 4 atom stereocenters. The van der Waals surface area contributed by atoms with Crippen molar-refractivity contribution in [1.82, 2.24) is 9.97 Å². The smallest absolute Gasteiger partial charge is 0.430 e. The van der Waals surface area contributed by atoms with Gasteiger partial charge in [0.25, 0.3) is 0 Å². The van der Waals surface area contributed by atoms with Crippen LogP contribution in [0.2, 0.25) is 0 Å². The van der Waals surface area contributed by atoms with Crippen LogP contribution in [0.25, 0.3) is 0 Å². The minimum absolute atomic E-state index is 0.0788. The van der Waals surface area contributed by atoms with Gasteiger partial charge >= 0.3 is 24.3 Å². The number of alkyl halides is 6. The SMILES string of the molecule is Nc1cccc(C[N+]23CCC(CC2)[C@@H](OC(=O)[C@H](Nc2ccccc2)c2ccccc2)C3)n1.Nc1cccc(C[N+]23CCC(CC2)[C@@H](OC(=O)[C@H](Nc2ccccc2)c2ccccc2)C3)n1.O=C([O-])C(F)(F)F.O=C([O-])C(F)(F)F. The van der Waals surface area contributed by atoms with E-state index in [1.807, 2.05) is 158 Å². The largest absolute Gasteiger partial charge is 0.542 e. The maximum Gasteiger partial charge on any atom is 0.430 e. The number of piperidine rings is 6. The number of rotatable bonds is 14. The summed E-state index contributed by atoms with van der Waals surface area (Å²) in [5.41, 5.74) is 17.4. The number of esters is 2. The molecule has 6 aromatic rings. The Labute approximate surface area is 458 Å². The number of carbonyl (C=O) groups excluding carboxylic acids is 4. The van der Waals surface area contributed by atoms with E-state index in [9.17, 15) is 35.9 Å². The molecule has 6 N–H and O–H groups in total. The van der Waals surface area contributed by atoms with Crippen molar-refractivity contribution in [3.8, 4) is 0 Å². The molecule has 8 heterocycles. The van der Waals surface area contributed by atoms with Gasteiger partial charge in [0.05, 0.1) is 37.6 Å². The van der Waals surface area contributed by atoms with Gasteiger partial charge in [0, 0.05) is 48.9 Å². The first-order valence-corrected chi connectivity index (χ1v) is 25.9. The standard InChI is InChI=1S/2C27H31N4O2.2C2HF3O2/c2*28-25-13-7-12-23(29-25)18-31-16-14-20(15-17-31)24(19-31)33-27(32)26(21-8-3-1-4-9-21)30-22-10-5-2-6-11-22;2*3-2(4,5)1(6)7/h2*1-13,20,24,26,30H,14-19H2,(H2,28,29);2*(H,6,7)/q2*+1;;/p-2/t2*20?,24-,26+,31?;;/m00../s1. The zero-order valence-electron chi connectivity index (χ0n) is 43.4. The Hall–Kier alpha value is -8.24. The zero-order valence-corrected chi connectivity index (χ0v) is 43.4. The van der Waals surface area contributed by atoms with Gasteiger partial charge in [-0.2, -0.15) is 26.3 Å². The Kier molecular flexibility index (Phi) is 19.8. The van der Waals surface area contributed by atoms with Crippen LogP contribution in [-0.4, -0.2) is 107 Å². The molecule has 6 saturated heterocycles.